The van der Waals surface area contributed by atoms with Crippen LogP contribution < -0.4 is 10.5 Å². The molecule has 0 fully saturated rings. The molecule has 3 heteroatoms. The number of hydrogen-bond acceptors (Lipinski definition) is 3. The Kier molecular flexibility index (Phi) is 6.69. The molecule has 1 rings (SSSR count). The Morgan fingerprint density at radius 1 is 1.10 bits per heavy atom. The summed E-state index contributed by atoms with van der Waals surface area (Å²) in [5.74, 6) is 0.887. The van der Waals surface area contributed by atoms with Crippen molar-refractivity contribution in [2.24, 2.45) is 5.73 Å². The second-order valence-corrected chi connectivity index (χ2v) is 6.50. The van der Waals surface area contributed by atoms with Gasteiger partial charge < -0.3 is 15.6 Å². The lowest BCUT2D eigenvalue weighted by atomic mass is 9.82. The molecule has 1 aromatic rings. The summed E-state index contributed by atoms with van der Waals surface area (Å²) in [6, 6.07) is 8.34. The predicted octanol–water partition coefficient (Wildman–Crippen LogP) is 3.63. The van der Waals surface area contributed by atoms with Crippen LogP contribution in [0.1, 0.15) is 58.9 Å². The summed E-state index contributed by atoms with van der Waals surface area (Å²) in [7, 11) is 0. The van der Waals surface area contributed by atoms with E-state index < -0.39 is 5.60 Å². The minimum atomic E-state index is -0.738. The standard InChI is InChI=1S/C18H31NO2/c1-5-17(3,4)15-8-10-16(11-9-15)21-13-7-12-18(20,6-2)14-19/h8-11,20H,5-7,12-14,19H2,1-4H3. The molecule has 1 unspecified atom stereocenters. The summed E-state index contributed by atoms with van der Waals surface area (Å²) < 4.78 is 5.74. The monoisotopic (exact) mass is 293 g/mol. The lowest BCUT2D eigenvalue weighted by Crippen LogP contribution is -2.37. The van der Waals surface area contributed by atoms with E-state index in [9.17, 15) is 5.11 Å². The summed E-state index contributed by atoms with van der Waals surface area (Å²) in [5.41, 5.74) is 6.39. The average molecular weight is 293 g/mol. The molecule has 0 amide bonds. The zero-order valence-electron chi connectivity index (χ0n) is 14.0. The highest BCUT2D eigenvalue weighted by atomic mass is 16.5. The van der Waals surface area contributed by atoms with Gasteiger partial charge in [-0.15, -0.1) is 0 Å². The van der Waals surface area contributed by atoms with Crippen LogP contribution in [0.3, 0.4) is 0 Å². The lowest BCUT2D eigenvalue weighted by Gasteiger charge is -2.25. The number of hydrogen-bond donors (Lipinski definition) is 2. The molecule has 0 radical (unpaired) electrons. The zero-order chi connectivity index (χ0) is 15.9. The van der Waals surface area contributed by atoms with Crippen LogP contribution in [0, 0.1) is 0 Å². The molecule has 0 bridgehead atoms. The molecule has 120 valence electrons. The molecule has 1 aromatic carbocycles. The fourth-order valence-electron chi connectivity index (χ4n) is 2.22. The lowest BCUT2D eigenvalue weighted by molar-refractivity contribution is 0.0309. The number of ether oxygens (including phenoxy) is 1. The Labute approximate surface area is 129 Å². The van der Waals surface area contributed by atoms with Crippen LogP contribution >= 0.6 is 0 Å². The minimum absolute atomic E-state index is 0.206. The largest absolute Gasteiger partial charge is 0.494 e. The molecular formula is C18H31NO2. The predicted molar refractivity (Wildman–Crippen MR) is 88.8 cm³/mol. The average Bonchev–Trinajstić information content (AvgIpc) is 2.51. The summed E-state index contributed by atoms with van der Waals surface area (Å²) in [6.07, 6.45) is 3.29. The first kappa shape index (κ1) is 18.0. The van der Waals surface area contributed by atoms with Crippen LogP contribution in [0.5, 0.6) is 5.75 Å². The maximum Gasteiger partial charge on any atom is 0.119 e. The highest BCUT2D eigenvalue weighted by Crippen LogP contribution is 2.28. The molecule has 0 aliphatic heterocycles. The number of aliphatic hydroxyl groups is 1. The van der Waals surface area contributed by atoms with Gasteiger partial charge in [-0.3, -0.25) is 0 Å². The summed E-state index contributed by atoms with van der Waals surface area (Å²) in [6.45, 7) is 9.59. The Hall–Kier alpha value is -1.06. The van der Waals surface area contributed by atoms with Gasteiger partial charge in [0, 0.05) is 6.54 Å². The molecule has 0 spiro atoms. The third kappa shape index (κ3) is 5.33. The van der Waals surface area contributed by atoms with Gasteiger partial charge in [0.25, 0.3) is 0 Å². The molecular weight excluding hydrogens is 262 g/mol. The molecule has 0 aromatic heterocycles. The van der Waals surface area contributed by atoms with Crippen molar-refractivity contribution in [1.29, 1.82) is 0 Å². The molecule has 0 aliphatic rings. The van der Waals surface area contributed by atoms with Crippen molar-refractivity contribution in [3.05, 3.63) is 29.8 Å². The van der Waals surface area contributed by atoms with Crippen molar-refractivity contribution in [3.63, 3.8) is 0 Å². The highest BCUT2D eigenvalue weighted by molar-refractivity contribution is 5.31. The van der Waals surface area contributed by atoms with E-state index >= 15 is 0 Å². The van der Waals surface area contributed by atoms with Crippen LogP contribution in [-0.2, 0) is 5.41 Å². The normalized spacial score (nSPS) is 14.8. The molecule has 3 N–H and O–H groups in total. The number of benzene rings is 1. The summed E-state index contributed by atoms with van der Waals surface area (Å²) in [4.78, 5) is 0. The van der Waals surface area contributed by atoms with Crippen molar-refractivity contribution in [1.82, 2.24) is 0 Å². The van der Waals surface area contributed by atoms with Crippen LogP contribution in [0.15, 0.2) is 24.3 Å². The maximum atomic E-state index is 10.1. The van der Waals surface area contributed by atoms with Crippen molar-refractivity contribution in [2.75, 3.05) is 13.2 Å². The SMILES string of the molecule is CCC(O)(CN)CCCOc1ccc(C(C)(C)CC)cc1. The van der Waals surface area contributed by atoms with Gasteiger partial charge in [-0.05, 0) is 48.8 Å². The molecule has 1 atom stereocenters. The van der Waals surface area contributed by atoms with E-state index in [0.29, 0.717) is 26.0 Å². The van der Waals surface area contributed by atoms with E-state index in [2.05, 4.69) is 32.9 Å². The van der Waals surface area contributed by atoms with Gasteiger partial charge in [-0.25, -0.2) is 0 Å². The number of rotatable bonds is 9. The second kappa shape index (κ2) is 7.81. The van der Waals surface area contributed by atoms with E-state index in [-0.39, 0.29) is 5.41 Å². The second-order valence-electron chi connectivity index (χ2n) is 6.50. The van der Waals surface area contributed by atoms with Crippen molar-refractivity contribution in [2.45, 2.75) is 64.4 Å². The molecule has 0 heterocycles. The van der Waals surface area contributed by atoms with Crippen LogP contribution in [0.4, 0.5) is 0 Å². The highest BCUT2D eigenvalue weighted by Gasteiger charge is 2.21. The summed E-state index contributed by atoms with van der Waals surface area (Å²) >= 11 is 0. The number of nitrogens with two attached hydrogens (primary N) is 1. The maximum absolute atomic E-state index is 10.1. The van der Waals surface area contributed by atoms with Gasteiger partial charge in [0.1, 0.15) is 5.75 Å². The van der Waals surface area contributed by atoms with Gasteiger partial charge in [-0.1, -0.05) is 39.8 Å². The van der Waals surface area contributed by atoms with Gasteiger partial charge in [0.05, 0.1) is 12.2 Å². The first-order valence-electron chi connectivity index (χ1n) is 8.02. The zero-order valence-corrected chi connectivity index (χ0v) is 14.0. The van der Waals surface area contributed by atoms with E-state index in [1.807, 2.05) is 19.1 Å². The van der Waals surface area contributed by atoms with E-state index in [4.69, 9.17) is 10.5 Å². The Morgan fingerprint density at radius 2 is 1.71 bits per heavy atom. The Balaban J connectivity index is 2.44. The fraction of sp³-hybridized carbons (Fsp3) is 0.667. The van der Waals surface area contributed by atoms with Gasteiger partial charge in [0.15, 0.2) is 0 Å². The summed E-state index contributed by atoms with van der Waals surface area (Å²) in [5, 5.41) is 10.1. The molecule has 0 aliphatic carbocycles. The molecule has 0 saturated carbocycles. The van der Waals surface area contributed by atoms with Gasteiger partial charge in [0.2, 0.25) is 0 Å². The molecule has 3 nitrogen and oxygen atoms in total. The Morgan fingerprint density at radius 3 is 2.19 bits per heavy atom. The van der Waals surface area contributed by atoms with Crippen LogP contribution in [0.2, 0.25) is 0 Å². The van der Waals surface area contributed by atoms with E-state index in [0.717, 1.165) is 18.6 Å². The van der Waals surface area contributed by atoms with E-state index in [1.54, 1.807) is 0 Å². The fourth-order valence-corrected chi connectivity index (χ4v) is 2.22. The van der Waals surface area contributed by atoms with Crippen molar-refractivity contribution < 1.29 is 9.84 Å². The van der Waals surface area contributed by atoms with Crippen molar-refractivity contribution in [3.8, 4) is 5.75 Å². The molecule has 21 heavy (non-hydrogen) atoms. The first-order valence-corrected chi connectivity index (χ1v) is 8.02. The van der Waals surface area contributed by atoms with Crippen LogP contribution in [0.25, 0.3) is 0 Å². The Bertz CT molecular complexity index is 408. The van der Waals surface area contributed by atoms with E-state index in [1.165, 1.54) is 5.56 Å². The van der Waals surface area contributed by atoms with Gasteiger partial charge >= 0.3 is 0 Å². The van der Waals surface area contributed by atoms with Crippen LogP contribution in [-0.4, -0.2) is 23.9 Å². The molecule has 0 saturated heterocycles. The van der Waals surface area contributed by atoms with Gasteiger partial charge in [-0.2, -0.15) is 0 Å². The third-order valence-electron chi connectivity index (χ3n) is 4.61. The van der Waals surface area contributed by atoms with Crippen molar-refractivity contribution >= 4 is 0 Å². The topological polar surface area (TPSA) is 55.5 Å². The quantitative estimate of drug-likeness (QED) is 0.684. The first-order chi connectivity index (χ1) is 9.87. The smallest absolute Gasteiger partial charge is 0.119 e. The minimum Gasteiger partial charge on any atom is -0.494 e. The third-order valence-corrected chi connectivity index (χ3v) is 4.61.